The smallest absolute Gasteiger partial charge is 0.00977 e. The summed E-state index contributed by atoms with van der Waals surface area (Å²) in [5.74, 6) is 1.91. The highest BCUT2D eigenvalue weighted by atomic mass is 14.9. The lowest BCUT2D eigenvalue weighted by atomic mass is 9.87. The second-order valence-corrected chi connectivity index (χ2v) is 4.88. The fourth-order valence-corrected chi connectivity index (χ4v) is 2.93. The summed E-state index contributed by atoms with van der Waals surface area (Å²) in [7, 11) is 0. The second-order valence-electron chi connectivity index (χ2n) is 4.88. The summed E-state index contributed by atoms with van der Waals surface area (Å²) in [5.41, 5.74) is 0. The summed E-state index contributed by atoms with van der Waals surface area (Å²) < 4.78 is 0. The number of hydrogen-bond acceptors (Lipinski definition) is 1. The van der Waals surface area contributed by atoms with E-state index in [2.05, 4.69) is 26.1 Å². The van der Waals surface area contributed by atoms with Crippen LogP contribution in [0.25, 0.3) is 0 Å². The number of rotatable bonds is 6. The van der Waals surface area contributed by atoms with Crippen LogP contribution in [0, 0.1) is 11.8 Å². The molecule has 1 aliphatic carbocycles. The van der Waals surface area contributed by atoms with Crippen LogP contribution in [-0.4, -0.2) is 12.6 Å². The van der Waals surface area contributed by atoms with Crippen LogP contribution in [-0.2, 0) is 0 Å². The van der Waals surface area contributed by atoms with Crippen molar-refractivity contribution in [2.75, 3.05) is 6.54 Å². The van der Waals surface area contributed by atoms with Crippen LogP contribution in [0.5, 0.6) is 0 Å². The summed E-state index contributed by atoms with van der Waals surface area (Å²) in [6, 6.07) is 0.803. The van der Waals surface area contributed by atoms with Gasteiger partial charge < -0.3 is 5.32 Å². The first-order chi connectivity index (χ1) is 6.79. The predicted octanol–water partition coefficient (Wildman–Crippen LogP) is 3.59. The van der Waals surface area contributed by atoms with E-state index in [-0.39, 0.29) is 0 Å². The molecule has 1 fully saturated rings. The molecule has 0 bridgehead atoms. The predicted molar refractivity (Wildman–Crippen MR) is 63.5 cm³/mol. The van der Waals surface area contributed by atoms with Gasteiger partial charge in [0.15, 0.2) is 0 Å². The van der Waals surface area contributed by atoms with Crippen molar-refractivity contribution >= 4 is 0 Å². The van der Waals surface area contributed by atoms with Crippen LogP contribution < -0.4 is 5.32 Å². The van der Waals surface area contributed by atoms with E-state index in [1.807, 2.05) is 0 Å². The van der Waals surface area contributed by atoms with E-state index in [9.17, 15) is 0 Å². The normalized spacial score (nSPS) is 29.4. The summed E-state index contributed by atoms with van der Waals surface area (Å²) in [6.45, 7) is 8.10. The molecule has 1 N–H and O–H groups in total. The molecule has 0 spiro atoms. The average Bonchev–Trinajstić information content (AvgIpc) is 2.59. The summed E-state index contributed by atoms with van der Waals surface area (Å²) in [4.78, 5) is 0. The molecule has 0 aromatic carbocycles. The standard InChI is InChI=1S/C13H27N/c1-4-6-10-13(14-5-2)12-9-7-8-11(12)3/h11-14H,4-10H2,1-3H3. The molecule has 0 aromatic rings. The van der Waals surface area contributed by atoms with Crippen molar-refractivity contribution in [1.29, 1.82) is 0 Å². The maximum Gasteiger partial charge on any atom is 0.00977 e. The molecule has 0 amide bonds. The van der Waals surface area contributed by atoms with Gasteiger partial charge in [-0.1, -0.05) is 46.5 Å². The molecular weight excluding hydrogens is 170 g/mol. The lowest BCUT2D eigenvalue weighted by molar-refractivity contribution is 0.282. The Morgan fingerprint density at radius 2 is 2.07 bits per heavy atom. The largest absolute Gasteiger partial charge is 0.314 e. The van der Waals surface area contributed by atoms with E-state index in [4.69, 9.17) is 0 Å². The van der Waals surface area contributed by atoms with E-state index in [1.165, 1.54) is 38.5 Å². The van der Waals surface area contributed by atoms with Crippen molar-refractivity contribution in [2.45, 2.75) is 65.3 Å². The van der Waals surface area contributed by atoms with Crippen LogP contribution in [0.1, 0.15) is 59.3 Å². The number of nitrogens with one attached hydrogen (secondary N) is 1. The molecule has 0 radical (unpaired) electrons. The maximum absolute atomic E-state index is 3.69. The van der Waals surface area contributed by atoms with Gasteiger partial charge in [-0.15, -0.1) is 0 Å². The van der Waals surface area contributed by atoms with E-state index in [0.717, 1.165) is 24.4 Å². The minimum Gasteiger partial charge on any atom is -0.314 e. The van der Waals surface area contributed by atoms with E-state index < -0.39 is 0 Å². The van der Waals surface area contributed by atoms with Crippen molar-refractivity contribution < 1.29 is 0 Å². The van der Waals surface area contributed by atoms with Crippen LogP contribution in [0.15, 0.2) is 0 Å². The summed E-state index contributed by atoms with van der Waals surface area (Å²) in [6.07, 6.45) is 8.49. The quantitative estimate of drug-likeness (QED) is 0.686. The van der Waals surface area contributed by atoms with Crippen molar-refractivity contribution in [1.82, 2.24) is 5.32 Å². The Bertz CT molecular complexity index is 144. The molecule has 1 heteroatoms. The van der Waals surface area contributed by atoms with Gasteiger partial charge >= 0.3 is 0 Å². The van der Waals surface area contributed by atoms with E-state index in [1.54, 1.807) is 0 Å². The molecule has 0 saturated heterocycles. The van der Waals surface area contributed by atoms with Gasteiger partial charge in [0.2, 0.25) is 0 Å². The van der Waals surface area contributed by atoms with Gasteiger partial charge in [-0.3, -0.25) is 0 Å². The molecule has 1 rings (SSSR count). The highest BCUT2D eigenvalue weighted by Crippen LogP contribution is 2.35. The summed E-state index contributed by atoms with van der Waals surface area (Å²) >= 11 is 0. The number of unbranched alkanes of at least 4 members (excludes halogenated alkanes) is 1. The average molecular weight is 197 g/mol. The fraction of sp³-hybridized carbons (Fsp3) is 1.00. The molecule has 1 nitrogen and oxygen atoms in total. The highest BCUT2D eigenvalue weighted by molar-refractivity contribution is 4.84. The van der Waals surface area contributed by atoms with Gasteiger partial charge in [0.25, 0.3) is 0 Å². The maximum atomic E-state index is 3.69. The van der Waals surface area contributed by atoms with Crippen molar-refractivity contribution in [3.8, 4) is 0 Å². The van der Waals surface area contributed by atoms with E-state index >= 15 is 0 Å². The molecule has 0 aromatic heterocycles. The van der Waals surface area contributed by atoms with E-state index in [0.29, 0.717) is 0 Å². The molecule has 3 unspecified atom stereocenters. The molecule has 0 heterocycles. The van der Waals surface area contributed by atoms with Gasteiger partial charge in [0, 0.05) is 6.04 Å². The second kappa shape index (κ2) is 6.44. The SMILES string of the molecule is CCCCC(NCC)C1CCCC1C. The van der Waals surface area contributed by atoms with Crippen LogP contribution in [0.2, 0.25) is 0 Å². The van der Waals surface area contributed by atoms with Crippen LogP contribution in [0.3, 0.4) is 0 Å². The first-order valence-corrected chi connectivity index (χ1v) is 6.53. The lowest BCUT2D eigenvalue weighted by Crippen LogP contribution is -2.37. The van der Waals surface area contributed by atoms with Gasteiger partial charge in [-0.25, -0.2) is 0 Å². The van der Waals surface area contributed by atoms with Crippen molar-refractivity contribution in [3.05, 3.63) is 0 Å². The molecule has 1 saturated carbocycles. The third-order valence-corrected chi connectivity index (χ3v) is 3.78. The fourth-order valence-electron chi connectivity index (χ4n) is 2.93. The molecule has 3 atom stereocenters. The van der Waals surface area contributed by atoms with Gasteiger partial charge in [0.1, 0.15) is 0 Å². The Morgan fingerprint density at radius 3 is 2.57 bits per heavy atom. The number of hydrogen-bond donors (Lipinski definition) is 1. The molecule has 0 aliphatic heterocycles. The van der Waals surface area contributed by atoms with Crippen LogP contribution >= 0.6 is 0 Å². The topological polar surface area (TPSA) is 12.0 Å². The minimum atomic E-state index is 0.803. The third-order valence-electron chi connectivity index (χ3n) is 3.78. The Labute approximate surface area is 89.7 Å². The van der Waals surface area contributed by atoms with Gasteiger partial charge in [-0.2, -0.15) is 0 Å². The van der Waals surface area contributed by atoms with Crippen LogP contribution in [0.4, 0.5) is 0 Å². The van der Waals surface area contributed by atoms with Gasteiger partial charge in [0.05, 0.1) is 0 Å². The zero-order valence-corrected chi connectivity index (χ0v) is 10.2. The Hall–Kier alpha value is -0.0400. The molecular formula is C13H27N. The van der Waals surface area contributed by atoms with Gasteiger partial charge in [-0.05, 0) is 31.2 Å². The van der Waals surface area contributed by atoms with Crippen molar-refractivity contribution in [3.63, 3.8) is 0 Å². The lowest BCUT2D eigenvalue weighted by Gasteiger charge is -2.27. The summed E-state index contributed by atoms with van der Waals surface area (Å²) in [5, 5.41) is 3.69. The zero-order chi connectivity index (χ0) is 10.4. The van der Waals surface area contributed by atoms with Crippen molar-refractivity contribution in [2.24, 2.45) is 11.8 Å². The monoisotopic (exact) mass is 197 g/mol. The zero-order valence-electron chi connectivity index (χ0n) is 10.2. The highest BCUT2D eigenvalue weighted by Gasteiger charge is 2.29. The Balaban J connectivity index is 2.39. The minimum absolute atomic E-state index is 0.803. The Morgan fingerprint density at radius 1 is 1.29 bits per heavy atom. The first kappa shape index (κ1) is 12.0. The first-order valence-electron chi connectivity index (χ1n) is 6.53. The molecule has 1 aliphatic rings. The third kappa shape index (κ3) is 3.27. The Kier molecular flexibility index (Phi) is 5.54. The molecule has 84 valence electrons. The molecule has 14 heavy (non-hydrogen) atoms.